The first kappa shape index (κ1) is 12.6. The molecule has 0 aliphatic heterocycles. The quantitative estimate of drug-likeness (QED) is 0.912. The molecule has 0 bridgehead atoms. The summed E-state index contributed by atoms with van der Waals surface area (Å²) in [4.78, 5) is 0. The van der Waals surface area contributed by atoms with Crippen molar-refractivity contribution in [1.82, 2.24) is 14.8 Å². The predicted molar refractivity (Wildman–Crippen MR) is 56.5 cm³/mol. The standard InChI is InChI=1S/C11H10F3N3O/c12-11(13,14)9-3-1-8(2-4-9)5-17-7-15-16-10(17)6-18/h1-4,7,18H,5-6H2. The van der Waals surface area contributed by atoms with E-state index in [0.29, 0.717) is 17.9 Å². The number of rotatable bonds is 3. The highest BCUT2D eigenvalue weighted by molar-refractivity contribution is 5.24. The Hall–Kier alpha value is -1.89. The average molecular weight is 257 g/mol. The van der Waals surface area contributed by atoms with Gasteiger partial charge in [0.15, 0.2) is 5.82 Å². The van der Waals surface area contributed by atoms with Crippen LogP contribution in [-0.4, -0.2) is 19.9 Å². The summed E-state index contributed by atoms with van der Waals surface area (Å²) in [7, 11) is 0. The van der Waals surface area contributed by atoms with E-state index in [2.05, 4.69) is 10.2 Å². The topological polar surface area (TPSA) is 50.9 Å². The molecule has 1 N–H and O–H groups in total. The summed E-state index contributed by atoms with van der Waals surface area (Å²) in [5.41, 5.74) is -0.00473. The number of halogens is 3. The smallest absolute Gasteiger partial charge is 0.388 e. The Morgan fingerprint density at radius 3 is 2.39 bits per heavy atom. The number of hydrogen-bond acceptors (Lipinski definition) is 3. The third-order valence-electron chi connectivity index (χ3n) is 2.47. The Morgan fingerprint density at radius 2 is 1.83 bits per heavy atom. The van der Waals surface area contributed by atoms with Gasteiger partial charge in [-0.05, 0) is 17.7 Å². The van der Waals surface area contributed by atoms with E-state index in [1.54, 1.807) is 4.57 Å². The van der Waals surface area contributed by atoms with E-state index in [4.69, 9.17) is 5.11 Å². The Morgan fingerprint density at radius 1 is 1.17 bits per heavy atom. The summed E-state index contributed by atoms with van der Waals surface area (Å²) >= 11 is 0. The van der Waals surface area contributed by atoms with Gasteiger partial charge in [-0.3, -0.25) is 0 Å². The summed E-state index contributed by atoms with van der Waals surface area (Å²) in [5, 5.41) is 16.3. The fraction of sp³-hybridized carbons (Fsp3) is 0.273. The third kappa shape index (κ3) is 2.67. The van der Waals surface area contributed by atoms with Crippen molar-refractivity contribution in [2.24, 2.45) is 0 Å². The minimum Gasteiger partial charge on any atom is -0.388 e. The maximum atomic E-state index is 12.4. The van der Waals surface area contributed by atoms with Crippen LogP contribution in [0, 0.1) is 0 Å². The number of aliphatic hydroxyl groups is 1. The van der Waals surface area contributed by atoms with Gasteiger partial charge in [-0.15, -0.1) is 10.2 Å². The normalized spacial score (nSPS) is 11.8. The summed E-state index contributed by atoms with van der Waals surface area (Å²) in [6.07, 6.45) is -2.91. The molecule has 7 heteroatoms. The first-order valence-corrected chi connectivity index (χ1v) is 5.14. The van der Waals surface area contributed by atoms with Crippen molar-refractivity contribution in [3.63, 3.8) is 0 Å². The lowest BCUT2D eigenvalue weighted by Crippen LogP contribution is -2.07. The van der Waals surface area contributed by atoms with Gasteiger partial charge >= 0.3 is 6.18 Å². The van der Waals surface area contributed by atoms with Gasteiger partial charge in [-0.2, -0.15) is 13.2 Å². The van der Waals surface area contributed by atoms with Crippen LogP contribution in [-0.2, 0) is 19.3 Å². The maximum absolute atomic E-state index is 12.4. The Kier molecular flexibility index (Phi) is 3.33. The van der Waals surface area contributed by atoms with Crippen LogP contribution in [0.4, 0.5) is 13.2 Å². The molecular weight excluding hydrogens is 247 g/mol. The zero-order valence-corrected chi connectivity index (χ0v) is 9.22. The molecule has 0 fully saturated rings. The van der Waals surface area contributed by atoms with E-state index in [1.165, 1.54) is 18.5 Å². The van der Waals surface area contributed by atoms with Gasteiger partial charge in [0.2, 0.25) is 0 Å². The number of aromatic nitrogens is 3. The van der Waals surface area contributed by atoms with Gasteiger partial charge in [-0.1, -0.05) is 12.1 Å². The maximum Gasteiger partial charge on any atom is 0.416 e. The van der Waals surface area contributed by atoms with Crippen molar-refractivity contribution in [2.75, 3.05) is 0 Å². The molecule has 0 unspecified atom stereocenters. The zero-order valence-electron chi connectivity index (χ0n) is 9.22. The van der Waals surface area contributed by atoms with E-state index in [0.717, 1.165) is 12.1 Å². The number of nitrogens with zero attached hydrogens (tertiary/aromatic N) is 3. The van der Waals surface area contributed by atoms with Crippen LogP contribution in [0.5, 0.6) is 0 Å². The second-order valence-electron chi connectivity index (χ2n) is 3.73. The van der Waals surface area contributed by atoms with Crippen molar-refractivity contribution >= 4 is 0 Å². The highest BCUT2D eigenvalue weighted by atomic mass is 19.4. The second-order valence-corrected chi connectivity index (χ2v) is 3.73. The van der Waals surface area contributed by atoms with Gasteiger partial charge in [0.1, 0.15) is 12.9 Å². The number of alkyl halides is 3. The summed E-state index contributed by atoms with van der Waals surface area (Å²) < 4.78 is 38.6. The first-order valence-electron chi connectivity index (χ1n) is 5.14. The van der Waals surface area contributed by atoms with Crippen LogP contribution in [0.15, 0.2) is 30.6 Å². The number of aliphatic hydroxyl groups excluding tert-OH is 1. The molecule has 1 aromatic carbocycles. The van der Waals surface area contributed by atoms with Crippen LogP contribution in [0.2, 0.25) is 0 Å². The monoisotopic (exact) mass is 257 g/mol. The second kappa shape index (κ2) is 4.77. The van der Waals surface area contributed by atoms with Gasteiger partial charge in [0.25, 0.3) is 0 Å². The fourth-order valence-corrected chi connectivity index (χ4v) is 1.53. The molecule has 18 heavy (non-hydrogen) atoms. The van der Waals surface area contributed by atoms with Crippen LogP contribution in [0.3, 0.4) is 0 Å². The predicted octanol–water partition coefficient (Wildman–Crippen LogP) is 1.84. The zero-order chi connectivity index (χ0) is 13.2. The minimum absolute atomic E-state index is 0.263. The molecule has 0 radical (unpaired) electrons. The lowest BCUT2D eigenvalue weighted by atomic mass is 10.1. The highest BCUT2D eigenvalue weighted by Crippen LogP contribution is 2.29. The third-order valence-corrected chi connectivity index (χ3v) is 2.47. The molecule has 0 aliphatic rings. The van der Waals surface area contributed by atoms with E-state index >= 15 is 0 Å². The summed E-state index contributed by atoms with van der Waals surface area (Å²) in [6, 6.07) is 4.84. The van der Waals surface area contributed by atoms with Crippen molar-refractivity contribution < 1.29 is 18.3 Å². The molecular formula is C11H10F3N3O. The highest BCUT2D eigenvalue weighted by Gasteiger charge is 2.29. The van der Waals surface area contributed by atoms with Crippen molar-refractivity contribution in [3.8, 4) is 0 Å². The summed E-state index contributed by atoms with van der Waals surface area (Å²) in [6.45, 7) is 0.0572. The van der Waals surface area contributed by atoms with Crippen LogP contribution in [0.1, 0.15) is 17.0 Å². The molecule has 0 spiro atoms. The minimum atomic E-state index is -4.33. The number of hydrogen-bond donors (Lipinski definition) is 1. The molecule has 2 rings (SSSR count). The Labute approximate surface area is 101 Å². The van der Waals surface area contributed by atoms with Gasteiger partial charge in [0.05, 0.1) is 12.1 Å². The molecule has 0 saturated carbocycles. The number of benzene rings is 1. The largest absolute Gasteiger partial charge is 0.416 e. The molecule has 4 nitrogen and oxygen atoms in total. The molecule has 0 amide bonds. The van der Waals surface area contributed by atoms with E-state index in [9.17, 15) is 13.2 Å². The van der Waals surface area contributed by atoms with E-state index in [1.807, 2.05) is 0 Å². The lowest BCUT2D eigenvalue weighted by Gasteiger charge is -2.08. The Balaban J connectivity index is 2.16. The van der Waals surface area contributed by atoms with Crippen LogP contribution >= 0.6 is 0 Å². The lowest BCUT2D eigenvalue weighted by molar-refractivity contribution is -0.137. The Bertz CT molecular complexity index is 519. The van der Waals surface area contributed by atoms with E-state index < -0.39 is 11.7 Å². The molecule has 1 aromatic heterocycles. The molecule has 0 saturated heterocycles. The SMILES string of the molecule is OCc1nncn1Cc1ccc(C(F)(F)F)cc1. The summed E-state index contributed by atoms with van der Waals surface area (Å²) in [5.74, 6) is 0.370. The van der Waals surface area contributed by atoms with Crippen LogP contribution < -0.4 is 0 Å². The molecule has 96 valence electrons. The average Bonchev–Trinajstić information content (AvgIpc) is 2.76. The van der Waals surface area contributed by atoms with Gasteiger partial charge in [0, 0.05) is 0 Å². The molecule has 1 heterocycles. The van der Waals surface area contributed by atoms with E-state index in [-0.39, 0.29) is 6.61 Å². The van der Waals surface area contributed by atoms with Crippen molar-refractivity contribution in [1.29, 1.82) is 0 Å². The first-order chi connectivity index (χ1) is 8.50. The fourth-order valence-electron chi connectivity index (χ4n) is 1.53. The molecule has 0 aliphatic carbocycles. The van der Waals surface area contributed by atoms with Crippen molar-refractivity contribution in [3.05, 3.63) is 47.5 Å². The van der Waals surface area contributed by atoms with Gasteiger partial charge in [-0.25, -0.2) is 0 Å². The van der Waals surface area contributed by atoms with Gasteiger partial charge < -0.3 is 9.67 Å². The van der Waals surface area contributed by atoms with Crippen molar-refractivity contribution in [2.45, 2.75) is 19.3 Å². The molecule has 0 atom stereocenters. The molecule has 2 aromatic rings. The van der Waals surface area contributed by atoms with Crippen LogP contribution in [0.25, 0.3) is 0 Å².